The van der Waals surface area contributed by atoms with E-state index in [-0.39, 0.29) is 7.92 Å². The van der Waals surface area contributed by atoms with Gasteiger partial charge in [0.25, 0.3) is 0 Å². The van der Waals surface area contributed by atoms with Crippen molar-refractivity contribution in [1.82, 2.24) is 0 Å². The second-order valence-electron chi connectivity index (χ2n) is 6.56. The zero-order valence-electron chi connectivity index (χ0n) is 13.8. The van der Waals surface area contributed by atoms with Crippen LogP contribution in [0.2, 0.25) is 0 Å². The molecular formula is C20H27P. The van der Waals surface area contributed by atoms with Crippen LogP contribution in [-0.4, -0.2) is 11.3 Å². The fourth-order valence-electron chi connectivity index (χ4n) is 2.70. The summed E-state index contributed by atoms with van der Waals surface area (Å²) >= 11 is 0. The lowest BCUT2D eigenvalue weighted by Crippen LogP contribution is -2.22. The molecule has 1 atom stereocenters. The molecule has 1 heteroatoms. The second-order valence-corrected chi connectivity index (χ2v) is 9.69. The predicted molar refractivity (Wildman–Crippen MR) is 98.0 cm³/mol. The van der Waals surface area contributed by atoms with Crippen LogP contribution in [0.25, 0.3) is 11.1 Å². The lowest BCUT2D eigenvalue weighted by atomic mass is 10.1. The summed E-state index contributed by atoms with van der Waals surface area (Å²) < 4.78 is 0. The standard InChI is InChI=1S/C20H27P/c1-5-6-16-21(20(2,3)4)19-15-11-10-14-18(19)17-12-8-7-9-13-17/h7-15H,5-6,16H2,1-4H3. The maximum atomic E-state index is 2.40. The molecule has 0 spiro atoms. The average Bonchev–Trinajstić information content (AvgIpc) is 2.48. The van der Waals surface area contributed by atoms with Gasteiger partial charge in [-0.2, -0.15) is 0 Å². The molecular weight excluding hydrogens is 271 g/mol. The van der Waals surface area contributed by atoms with E-state index in [1.165, 1.54) is 30.1 Å². The van der Waals surface area contributed by atoms with Crippen LogP contribution in [0, 0.1) is 0 Å². The van der Waals surface area contributed by atoms with Crippen molar-refractivity contribution in [2.45, 2.75) is 45.7 Å². The van der Waals surface area contributed by atoms with E-state index in [0.717, 1.165) is 0 Å². The summed E-state index contributed by atoms with van der Waals surface area (Å²) in [7, 11) is -0.147. The maximum absolute atomic E-state index is 2.40. The fraction of sp³-hybridized carbons (Fsp3) is 0.400. The van der Waals surface area contributed by atoms with Gasteiger partial charge in [-0.1, -0.05) is 96.6 Å². The first-order valence-corrected chi connectivity index (χ1v) is 9.49. The van der Waals surface area contributed by atoms with Crippen molar-refractivity contribution in [2.24, 2.45) is 0 Å². The van der Waals surface area contributed by atoms with Gasteiger partial charge in [-0.15, -0.1) is 0 Å². The van der Waals surface area contributed by atoms with Crippen LogP contribution in [0.1, 0.15) is 40.5 Å². The number of unbranched alkanes of at least 4 members (excludes halogenated alkanes) is 1. The van der Waals surface area contributed by atoms with E-state index in [2.05, 4.69) is 82.3 Å². The minimum atomic E-state index is -0.147. The quantitative estimate of drug-likeness (QED) is 0.589. The van der Waals surface area contributed by atoms with Crippen LogP contribution in [0.5, 0.6) is 0 Å². The topological polar surface area (TPSA) is 0 Å². The first-order chi connectivity index (χ1) is 10.0. The Kier molecular flexibility index (Phi) is 5.59. The van der Waals surface area contributed by atoms with Crippen LogP contribution in [0.3, 0.4) is 0 Å². The van der Waals surface area contributed by atoms with Crippen LogP contribution >= 0.6 is 7.92 Å². The predicted octanol–water partition coefficient (Wildman–Crippen LogP) is 6.06. The third-order valence-corrected chi connectivity index (χ3v) is 7.18. The molecule has 0 aliphatic heterocycles. The molecule has 0 aromatic heterocycles. The third kappa shape index (κ3) is 4.17. The first-order valence-electron chi connectivity index (χ1n) is 7.96. The van der Waals surface area contributed by atoms with Gasteiger partial charge in [-0.3, -0.25) is 0 Å². The van der Waals surface area contributed by atoms with Gasteiger partial charge in [0.2, 0.25) is 0 Å². The number of rotatable bonds is 5. The Morgan fingerprint density at radius 1 is 0.857 bits per heavy atom. The van der Waals surface area contributed by atoms with Crippen molar-refractivity contribution in [3.05, 3.63) is 54.6 Å². The van der Waals surface area contributed by atoms with E-state index in [1.54, 1.807) is 5.30 Å². The van der Waals surface area contributed by atoms with E-state index >= 15 is 0 Å². The van der Waals surface area contributed by atoms with Gasteiger partial charge in [-0.25, -0.2) is 0 Å². The summed E-state index contributed by atoms with van der Waals surface area (Å²) in [5.41, 5.74) is 2.77. The summed E-state index contributed by atoms with van der Waals surface area (Å²) in [4.78, 5) is 0. The van der Waals surface area contributed by atoms with Crippen LogP contribution in [0.15, 0.2) is 54.6 Å². The molecule has 0 saturated heterocycles. The summed E-state index contributed by atoms with van der Waals surface area (Å²) in [5.74, 6) is 0. The zero-order valence-corrected chi connectivity index (χ0v) is 14.7. The van der Waals surface area contributed by atoms with Gasteiger partial charge in [0, 0.05) is 0 Å². The molecule has 0 aliphatic rings. The summed E-state index contributed by atoms with van der Waals surface area (Å²) in [5, 5.41) is 1.93. The molecule has 0 saturated carbocycles. The Morgan fingerprint density at radius 2 is 1.48 bits per heavy atom. The molecule has 0 fully saturated rings. The Morgan fingerprint density at radius 3 is 2.10 bits per heavy atom. The monoisotopic (exact) mass is 298 g/mol. The Bertz CT molecular complexity index is 552. The molecule has 1 unspecified atom stereocenters. The van der Waals surface area contributed by atoms with E-state index in [0.29, 0.717) is 5.16 Å². The molecule has 2 aromatic carbocycles. The minimum Gasteiger partial charge on any atom is -0.0691 e. The summed E-state index contributed by atoms with van der Waals surface area (Å²) in [6.07, 6.45) is 3.94. The van der Waals surface area contributed by atoms with Crippen molar-refractivity contribution in [3.63, 3.8) is 0 Å². The van der Waals surface area contributed by atoms with Gasteiger partial charge < -0.3 is 0 Å². The van der Waals surface area contributed by atoms with Gasteiger partial charge in [0.15, 0.2) is 0 Å². The number of benzene rings is 2. The van der Waals surface area contributed by atoms with Crippen molar-refractivity contribution < 1.29 is 0 Å². The molecule has 2 rings (SSSR count). The fourth-order valence-corrected chi connectivity index (χ4v) is 5.73. The molecule has 112 valence electrons. The SMILES string of the molecule is CCCCP(c1ccccc1-c1ccccc1)C(C)(C)C. The first kappa shape index (κ1) is 16.2. The molecule has 2 aromatic rings. The molecule has 0 bridgehead atoms. The van der Waals surface area contributed by atoms with E-state index in [9.17, 15) is 0 Å². The molecule has 0 radical (unpaired) electrons. The third-order valence-electron chi connectivity index (χ3n) is 3.82. The highest BCUT2D eigenvalue weighted by atomic mass is 31.1. The maximum Gasteiger partial charge on any atom is -0.0107 e. The number of hydrogen-bond acceptors (Lipinski definition) is 0. The highest BCUT2D eigenvalue weighted by molar-refractivity contribution is 7.67. The lowest BCUT2D eigenvalue weighted by Gasteiger charge is -2.33. The molecule has 0 N–H and O–H groups in total. The van der Waals surface area contributed by atoms with Crippen molar-refractivity contribution in [2.75, 3.05) is 6.16 Å². The smallest absolute Gasteiger partial charge is 0.0107 e. The van der Waals surface area contributed by atoms with Crippen LogP contribution < -0.4 is 5.30 Å². The Labute approximate surface area is 131 Å². The highest BCUT2D eigenvalue weighted by Crippen LogP contribution is 2.50. The minimum absolute atomic E-state index is 0.147. The Balaban J connectivity index is 2.46. The zero-order chi connectivity index (χ0) is 15.3. The number of hydrogen-bond donors (Lipinski definition) is 0. The highest BCUT2D eigenvalue weighted by Gasteiger charge is 2.27. The largest absolute Gasteiger partial charge is 0.0691 e. The normalized spacial score (nSPS) is 13.1. The second kappa shape index (κ2) is 7.23. The molecule has 0 amide bonds. The molecule has 0 aliphatic carbocycles. The summed E-state index contributed by atoms with van der Waals surface area (Å²) in [6.45, 7) is 9.49. The Hall–Kier alpha value is -1.13. The molecule has 21 heavy (non-hydrogen) atoms. The van der Waals surface area contributed by atoms with Gasteiger partial charge in [-0.05, 0) is 34.2 Å². The van der Waals surface area contributed by atoms with Crippen molar-refractivity contribution >= 4 is 13.2 Å². The van der Waals surface area contributed by atoms with Crippen LogP contribution in [0.4, 0.5) is 0 Å². The van der Waals surface area contributed by atoms with E-state index in [1.807, 2.05) is 0 Å². The van der Waals surface area contributed by atoms with Crippen molar-refractivity contribution in [1.29, 1.82) is 0 Å². The van der Waals surface area contributed by atoms with Crippen molar-refractivity contribution in [3.8, 4) is 11.1 Å². The lowest BCUT2D eigenvalue weighted by molar-refractivity contribution is 0.776. The molecule has 0 nitrogen and oxygen atoms in total. The van der Waals surface area contributed by atoms with Crippen LogP contribution in [-0.2, 0) is 0 Å². The molecule has 0 heterocycles. The average molecular weight is 298 g/mol. The van der Waals surface area contributed by atoms with Gasteiger partial charge in [0.05, 0.1) is 0 Å². The van der Waals surface area contributed by atoms with E-state index in [4.69, 9.17) is 0 Å². The summed E-state index contributed by atoms with van der Waals surface area (Å²) in [6, 6.07) is 19.8. The van der Waals surface area contributed by atoms with E-state index < -0.39 is 0 Å². The van der Waals surface area contributed by atoms with Gasteiger partial charge in [0.1, 0.15) is 0 Å². The van der Waals surface area contributed by atoms with Gasteiger partial charge >= 0.3 is 0 Å².